The van der Waals surface area contributed by atoms with Crippen molar-refractivity contribution in [1.29, 1.82) is 0 Å². The van der Waals surface area contributed by atoms with E-state index in [4.69, 9.17) is 9.72 Å². The lowest BCUT2D eigenvalue weighted by molar-refractivity contribution is 0.0904. The van der Waals surface area contributed by atoms with Crippen LogP contribution in [-0.2, 0) is 6.54 Å². The molecule has 6 nitrogen and oxygen atoms in total. The number of carbonyl (C=O) groups is 1. The normalized spacial score (nSPS) is 13.0. The fraction of sp³-hybridized carbons (Fsp3) is 0.259. The third kappa shape index (κ3) is 5.23. The second kappa shape index (κ2) is 9.88. The molecule has 2 N–H and O–H groups in total. The summed E-state index contributed by atoms with van der Waals surface area (Å²) in [6.07, 6.45) is -0.752. The van der Waals surface area contributed by atoms with Crippen LogP contribution in [0, 0.1) is 13.8 Å². The number of hydrogen-bond donors (Lipinski definition) is 2. The summed E-state index contributed by atoms with van der Waals surface area (Å²) in [5.41, 5.74) is 4.44. The highest BCUT2D eigenvalue weighted by Gasteiger charge is 2.21. The van der Waals surface area contributed by atoms with Gasteiger partial charge in [0.25, 0.3) is 5.91 Å². The molecular weight excluding hydrogens is 414 g/mol. The largest absolute Gasteiger partial charge is 0.491 e. The maximum Gasteiger partial charge on any atom is 0.251 e. The summed E-state index contributed by atoms with van der Waals surface area (Å²) in [5, 5.41) is 13.8. The summed E-state index contributed by atoms with van der Waals surface area (Å²) in [5.74, 6) is 1.29. The van der Waals surface area contributed by atoms with E-state index in [0.29, 0.717) is 17.9 Å². The van der Waals surface area contributed by atoms with Crippen LogP contribution in [0.25, 0.3) is 11.0 Å². The lowest BCUT2D eigenvalue weighted by Gasteiger charge is -2.19. The first-order valence-electron chi connectivity index (χ1n) is 11.1. The van der Waals surface area contributed by atoms with E-state index in [1.54, 1.807) is 12.1 Å². The first-order chi connectivity index (χ1) is 15.9. The number of nitrogens with zero attached hydrogens (tertiary/aromatic N) is 2. The van der Waals surface area contributed by atoms with E-state index in [0.717, 1.165) is 27.9 Å². The smallest absolute Gasteiger partial charge is 0.251 e. The van der Waals surface area contributed by atoms with Gasteiger partial charge in [-0.1, -0.05) is 42.5 Å². The number of imidazole rings is 1. The molecule has 0 aliphatic heterocycles. The topological polar surface area (TPSA) is 76.4 Å². The van der Waals surface area contributed by atoms with E-state index in [1.165, 1.54) is 0 Å². The van der Waals surface area contributed by atoms with E-state index in [1.807, 2.05) is 86.0 Å². The van der Waals surface area contributed by atoms with Crippen molar-refractivity contribution in [3.05, 3.63) is 95.3 Å². The molecule has 3 aromatic carbocycles. The summed E-state index contributed by atoms with van der Waals surface area (Å²) in [6.45, 7) is 6.35. The minimum Gasteiger partial charge on any atom is -0.491 e. The minimum atomic E-state index is -0.752. The Kier molecular flexibility index (Phi) is 6.75. The van der Waals surface area contributed by atoms with Crippen molar-refractivity contribution in [1.82, 2.24) is 14.9 Å². The van der Waals surface area contributed by atoms with Gasteiger partial charge in [0.1, 0.15) is 24.3 Å². The predicted octanol–water partition coefficient (Wildman–Crippen LogP) is 4.58. The van der Waals surface area contributed by atoms with E-state index < -0.39 is 6.10 Å². The molecule has 1 heterocycles. The molecule has 170 valence electrons. The van der Waals surface area contributed by atoms with Crippen LogP contribution in [0.15, 0.2) is 72.8 Å². The zero-order chi connectivity index (χ0) is 23.4. The van der Waals surface area contributed by atoms with Crippen molar-refractivity contribution >= 4 is 16.9 Å². The van der Waals surface area contributed by atoms with Crippen LogP contribution in [0.1, 0.15) is 40.3 Å². The molecule has 0 spiro atoms. The fourth-order valence-corrected chi connectivity index (χ4v) is 3.86. The standard InChI is InChI=1S/C27H29N3O3/c1-18-13-14-19(2)25(15-18)33-17-22(31)16-30-24-12-8-7-11-23(24)29-26(30)20(3)28-27(32)21-9-5-4-6-10-21/h4-15,20,22,31H,16-17H2,1-3H3,(H,28,32)/t20-,22-/m0/s1. The minimum absolute atomic E-state index is 0.154. The zero-order valence-corrected chi connectivity index (χ0v) is 19.2. The lowest BCUT2D eigenvalue weighted by atomic mass is 10.1. The van der Waals surface area contributed by atoms with Gasteiger partial charge in [-0.3, -0.25) is 4.79 Å². The number of benzene rings is 3. The molecule has 0 bridgehead atoms. The molecule has 0 radical (unpaired) electrons. The third-order valence-electron chi connectivity index (χ3n) is 5.62. The van der Waals surface area contributed by atoms with Crippen LogP contribution < -0.4 is 10.1 Å². The second-order valence-corrected chi connectivity index (χ2v) is 8.36. The van der Waals surface area contributed by atoms with Crippen LogP contribution in [-0.4, -0.2) is 33.3 Å². The number of aliphatic hydroxyl groups excluding tert-OH is 1. The molecule has 1 amide bonds. The van der Waals surface area contributed by atoms with Crippen molar-refractivity contribution in [2.24, 2.45) is 0 Å². The Labute approximate surface area is 193 Å². The molecule has 33 heavy (non-hydrogen) atoms. The Balaban J connectivity index is 1.53. The van der Waals surface area contributed by atoms with Crippen molar-refractivity contribution < 1.29 is 14.6 Å². The zero-order valence-electron chi connectivity index (χ0n) is 19.2. The third-order valence-corrected chi connectivity index (χ3v) is 5.62. The number of rotatable bonds is 8. The lowest BCUT2D eigenvalue weighted by Crippen LogP contribution is -2.31. The molecule has 0 saturated heterocycles. The monoisotopic (exact) mass is 443 g/mol. The number of hydrogen-bond acceptors (Lipinski definition) is 4. The van der Waals surface area contributed by atoms with Crippen LogP contribution in [0.3, 0.4) is 0 Å². The number of carbonyl (C=O) groups excluding carboxylic acids is 1. The average Bonchev–Trinajstić information content (AvgIpc) is 3.18. The number of ether oxygens (including phenoxy) is 1. The first kappa shape index (κ1) is 22.6. The molecule has 1 aromatic heterocycles. The predicted molar refractivity (Wildman–Crippen MR) is 129 cm³/mol. The number of aryl methyl sites for hydroxylation is 2. The van der Waals surface area contributed by atoms with Crippen molar-refractivity contribution in [2.45, 2.75) is 39.5 Å². The van der Waals surface area contributed by atoms with Gasteiger partial charge in [0, 0.05) is 5.56 Å². The summed E-state index contributed by atoms with van der Waals surface area (Å²) in [4.78, 5) is 17.4. The van der Waals surface area contributed by atoms with Crippen molar-refractivity contribution in [3.63, 3.8) is 0 Å². The molecule has 4 rings (SSSR count). The maximum absolute atomic E-state index is 12.7. The van der Waals surface area contributed by atoms with Gasteiger partial charge in [-0.05, 0) is 62.2 Å². The average molecular weight is 444 g/mol. The highest BCUT2D eigenvalue weighted by Crippen LogP contribution is 2.23. The molecular formula is C27H29N3O3. The number of aliphatic hydroxyl groups is 1. The number of nitrogens with one attached hydrogen (secondary N) is 1. The van der Waals surface area contributed by atoms with Gasteiger partial charge in [-0.2, -0.15) is 0 Å². The van der Waals surface area contributed by atoms with E-state index >= 15 is 0 Å². The van der Waals surface area contributed by atoms with Gasteiger partial charge in [-0.15, -0.1) is 0 Å². The van der Waals surface area contributed by atoms with Crippen LogP contribution in [0.2, 0.25) is 0 Å². The highest BCUT2D eigenvalue weighted by molar-refractivity contribution is 5.94. The van der Waals surface area contributed by atoms with Crippen LogP contribution in [0.4, 0.5) is 0 Å². The second-order valence-electron chi connectivity index (χ2n) is 8.36. The van der Waals surface area contributed by atoms with Crippen LogP contribution in [0.5, 0.6) is 5.75 Å². The summed E-state index contributed by atoms with van der Waals surface area (Å²) < 4.78 is 7.87. The van der Waals surface area contributed by atoms with Gasteiger partial charge in [0.15, 0.2) is 0 Å². The van der Waals surface area contributed by atoms with E-state index in [9.17, 15) is 9.90 Å². The maximum atomic E-state index is 12.7. The molecule has 0 saturated carbocycles. The van der Waals surface area contributed by atoms with Gasteiger partial charge in [0.05, 0.1) is 23.6 Å². The highest BCUT2D eigenvalue weighted by atomic mass is 16.5. The Bertz CT molecular complexity index is 1250. The molecule has 0 unspecified atom stereocenters. The quantitative estimate of drug-likeness (QED) is 0.418. The molecule has 6 heteroatoms. The van der Waals surface area contributed by atoms with E-state index in [-0.39, 0.29) is 18.6 Å². The molecule has 0 aliphatic rings. The Morgan fingerprint density at radius 3 is 2.58 bits per heavy atom. The number of aromatic nitrogens is 2. The van der Waals surface area contributed by atoms with Crippen molar-refractivity contribution in [2.75, 3.05) is 6.61 Å². The number of para-hydroxylation sites is 2. The Morgan fingerprint density at radius 1 is 1.06 bits per heavy atom. The summed E-state index contributed by atoms with van der Waals surface area (Å²) in [6, 6.07) is 22.5. The SMILES string of the molecule is Cc1ccc(C)c(OC[C@@H](O)Cn2c([C@H](C)NC(=O)c3ccccc3)nc3ccccc32)c1. The Morgan fingerprint density at radius 2 is 1.79 bits per heavy atom. The van der Waals surface area contributed by atoms with Crippen molar-refractivity contribution in [3.8, 4) is 5.75 Å². The fourth-order valence-electron chi connectivity index (χ4n) is 3.86. The molecule has 2 atom stereocenters. The molecule has 4 aromatic rings. The van der Waals surface area contributed by atoms with E-state index in [2.05, 4.69) is 5.32 Å². The summed E-state index contributed by atoms with van der Waals surface area (Å²) in [7, 11) is 0. The Hall–Kier alpha value is -3.64. The first-order valence-corrected chi connectivity index (χ1v) is 11.1. The van der Waals surface area contributed by atoms with Gasteiger partial charge in [0.2, 0.25) is 0 Å². The number of fused-ring (bicyclic) bond motifs is 1. The van der Waals surface area contributed by atoms with Gasteiger partial charge < -0.3 is 19.7 Å². The molecule has 0 fully saturated rings. The van der Waals surface area contributed by atoms with Gasteiger partial charge >= 0.3 is 0 Å². The van der Waals surface area contributed by atoms with Crippen LogP contribution >= 0.6 is 0 Å². The molecule has 0 aliphatic carbocycles. The number of amides is 1. The summed E-state index contributed by atoms with van der Waals surface area (Å²) >= 11 is 0. The van der Waals surface area contributed by atoms with Gasteiger partial charge in [-0.25, -0.2) is 4.98 Å².